The van der Waals surface area contributed by atoms with Crippen LogP contribution in [0.25, 0.3) is 0 Å². The molecular weight excluding hydrogens is 303 g/mol. The number of hydrogen-bond acceptors (Lipinski definition) is 4. The lowest BCUT2D eigenvalue weighted by Crippen LogP contribution is -2.31. The quantitative estimate of drug-likeness (QED) is 0.679. The van der Waals surface area contributed by atoms with Crippen LogP contribution in [0.2, 0.25) is 0 Å². The molecule has 2 rings (SSSR count). The zero-order valence-corrected chi connectivity index (χ0v) is 12.1. The molecule has 0 saturated heterocycles. The first-order valence-corrected chi connectivity index (χ1v) is 6.72. The van der Waals surface area contributed by atoms with Crippen LogP contribution >= 0.6 is 0 Å². The van der Waals surface area contributed by atoms with Crippen LogP contribution in [0.15, 0.2) is 12.1 Å². The van der Waals surface area contributed by atoms with Gasteiger partial charge in [-0.05, 0) is 29.9 Å². The fourth-order valence-electron chi connectivity index (χ4n) is 2.72. The van der Waals surface area contributed by atoms with E-state index in [4.69, 9.17) is 4.74 Å². The predicted molar refractivity (Wildman–Crippen MR) is 71.9 cm³/mol. The number of nitro groups is 1. The van der Waals surface area contributed by atoms with Crippen molar-refractivity contribution in [2.45, 2.75) is 43.9 Å². The van der Waals surface area contributed by atoms with Gasteiger partial charge in [0.05, 0.1) is 12.0 Å². The molecular formula is C14H16F3NO4. The number of nitro benzene ring substituents is 1. The number of aliphatic hydroxyl groups is 1. The van der Waals surface area contributed by atoms with E-state index in [0.717, 1.165) is 26.4 Å². The first-order valence-electron chi connectivity index (χ1n) is 6.72. The van der Waals surface area contributed by atoms with Crippen molar-refractivity contribution in [1.82, 2.24) is 0 Å². The number of rotatable bonds is 4. The third kappa shape index (κ3) is 2.75. The predicted octanol–water partition coefficient (Wildman–Crippen LogP) is 3.64. The highest BCUT2D eigenvalue weighted by Crippen LogP contribution is 2.48. The van der Waals surface area contributed by atoms with Crippen LogP contribution < -0.4 is 4.74 Å². The molecule has 0 aromatic heterocycles. The monoisotopic (exact) mass is 319 g/mol. The van der Waals surface area contributed by atoms with E-state index in [1.807, 2.05) is 6.92 Å². The lowest BCUT2D eigenvalue weighted by Gasteiger charge is -2.39. The lowest BCUT2D eigenvalue weighted by molar-refractivity contribution is -0.386. The summed E-state index contributed by atoms with van der Waals surface area (Å²) in [7, 11) is 1.04. The Bertz CT molecular complexity index is 596. The maximum atomic E-state index is 12.8. The summed E-state index contributed by atoms with van der Waals surface area (Å²) in [4.78, 5) is 10.4. The topological polar surface area (TPSA) is 72.6 Å². The van der Waals surface area contributed by atoms with Crippen LogP contribution in [0.3, 0.4) is 0 Å². The van der Waals surface area contributed by atoms with Crippen molar-refractivity contribution in [1.29, 1.82) is 0 Å². The van der Waals surface area contributed by atoms with Crippen LogP contribution in [-0.2, 0) is 5.41 Å². The Morgan fingerprint density at radius 2 is 2.00 bits per heavy atom. The van der Waals surface area contributed by atoms with Crippen molar-refractivity contribution in [2.24, 2.45) is 0 Å². The number of alkyl halides is 3. The summed E-state index contributed by atoms with van der Waals surface area (Å²) in [6.45, 7) is 1.84. The van der Waals surface area contributed by atoms with Gasteiger partial charge in [-0.3, -0.25) is 10.1 Å². The summed E-state index contributed by atoms with van der Waals surface area (Å²) in [6.07, 6.45) is -5.38. The number of ether oxygens (including phenoxy) is 1. The standard InChI is InChI=1S/C14H16F3NO4/c1-13(4-3-5-13)8-6-9(12(19)14(15,16)17)11(22-2)10(7-8)18(20)21/h6-7,12,19H,3-5H2,1-2H3. The van der Waals surface area contributed by atoms with Crippen LogP contribution in [0.5, 0.6) is 5.75 Å². The smallest absolute Gasteiger partial charge is 0.418 e. The summed E-state index contributed by atoms with van der Waals surface area (Å²) in [5, 5.41) is 20.7. The lowest BCUT2D eigenvalue weighted by atomic mass is 9.65. The second-order valence-corrected chi connectivity index (χ2v) is 5.73. The summed E-state index contributed by atoms with van der Waals surface area (Å²) in [5.74, 6) is -0.554. The maximum absolute atomic E-state index is 12.8. The van der Waals surface area contributed by atoms with Crippen LogP contribution in [0.1, 0.15) is 43.4 Å². The van der Waals surface area contributed by atoms with Gasteiger partial charge in [-0.1, -0.05) is 13.3 Å². The fourth-order valence-corrected chi connectivity index (χ4v) is 2.72. The van der Waals surface area contributed by atoms with E-state index >= 15 is 0 Å². The Hall–Kier alpha value is -1.83. The Labute approximate surface area is 124 Å². The highest BCUT2D eigenvalue weighted by molar-refractivity contribution is 5.57. The Morgan fingerprint density at radius 1 is 1.41 bits per heavy atom. The average Bonchev–Trinajstić information content (AvgIpc) is 2.41. The number of benzene rings is 1. The molecule has 1 unspecified atom stereocenters. The second-order valence-electron chi connectivity index (χ2n) is 5.73. The summed E-state index contributed by atoms with van der Waals surface area (Å²) in [5.41, 5.74) is -1.17. The summed E-state index contributed by atoms with van der Waals surface area (Å²) >= 11 is 0. The summed E-state index contributed by atoms with van der Waals surface area (Å²) < 4.78 is 43.3. The molecule has 1 fully saturated rings. The number of hydrogen-bond donors (Lipinski definition) is 1. The third-order valence-corrected chi connectivity index (χ3v) is 4.26. The van der Waals surface area contributed by atoms with Crippen LogP contribution in [-0.4, -0.2) is 23.3 Å². The average molecular weight is 319 g/mol. The maximum Gasteiger partial charge on any atom is 0.418 e. The molecule has 0 heterocycles. The van der Waals surface area contributed by atoms with Crippen molar-refractivity contribution in [3.8, 4) is 5.75 Å². The van der Waals surface area contributed by atoms with E-state index in [1.54, 1.807) is 0 Å². The molecule has 0 bridgehead atoms. The van der Waals surface area contributed by atoms with E-state index in [-0.39, 0.29) is 0 Å². The number of nitrogens with zero attached hydrogens (tertiary/aromatic N) is 1. The molecule has 5 nitrogen and oxygen atoms in total. The van der Waals surface area contributed by atoms with Gasteiger partial charge >= 0.3 is 11.9 Å². The van der Waals surface area contributed by atoms with E-state index in [1.165, 1.54) is 12.1 Å². The van der Waals surface area contributed by atoms with Crippen LogP contribution in [0, 0.1) is 10.1 Å². The van der Waals surface area contributed by atoms with Gasteiger partial charge < -0.3 is 9.84 Å². The minimum absolute atomic E-state index is 0.406. The van der Waals surface area contributed by atoms with Gasteiger partial charge in [0.2, 0.25) is 5.75 Å². The first kappa shape index (κ1) is 16.5. The highest BCUT2D eigenvalue weighted by Gasteiger charge is 2.44. The molecule has 1 aliphatic carbocycles. The van der Waals surface area contributed by atoms with Crippen LogP contribution in [0.4, 0.5) is 18.9 Å². The van der Waals surface area contributed by atoms with Crippen molar-refractivity contribution in [3.05, 3.63) is 33.4 Å². The molecule has 22 heavy (non-hydrogen) atoms. The van der Waals surface area contributed by atoms with Gasteiger partial charge in [-0.15, -0.1) is 0 Å². The van der Waals surface area contributed by atoms with Gasteiger partial charge in [0.15, 0.2) is 6.10 Å². The minimum atomic E-state index is -4.93. The summed E-state index contributed by atoms with van der Waals surface area (Å²) in [6, 6.07) is 2.41. The third-order valence-electron chi connectivity index (χ3n) is 4.26. The van der Waals surface area contributed by atoms with Crippen molar-refractivity contribution in [2.75, 3.05) is 7.11 Å². The number of methoxy groups -OCH3 is 1. The first-order chi connectivity index (χ1) is 10.1. The van der Waals surface area contributed by atoms with Gasteiger partial charge in [0.25, 0.3) is 0 Å². The minimum Gasteiger partial charge on any atom is -0.490 e. The Kier molecular flexibility index (Phi) is 4.08. The second kappa shape index (κ2) is 5.42. The Balaban J connectivity index is 2.66. The molecule has 8 heteroatoms. The normalized spacial score (nSPS) is 18.5. The van der Waals surface area contributed by atoms with Crippen molar-refractivity contribution >= 4 is 5.69 Å². The fraction of sp³-hybridized carbons (Fsp3) is 0.571. The Morgan fingerprint density at radius 3 is 2.36 bits per heavy atom. The van der Waals surface area contributed by atoms with E-state index < -0.39 is 39.6 Å². The highest BCUT2D eigenvalue weighted by atomic mass is 19.4. The van der Waals surface area contributed by atoms with Gasteiger partial charge in [-0.25, -0.2) is 0 Å². The van der Waals surface area contributed by atoms with Gasteiger partial charge in [0, 0.05) is 11.6 Å². The molecule has 0 aliphatic heterocycles. The molecule has 1 atom stereocenters. The van der Waals surface area contributed by atoms with E-state index in [9.17, 15) is 28.4 Å². The molecule has 1 saturated carbocycles. The number of halogens is 3. The number of aliphatic hydroxyl groups excluding tert-OH is 1. The van der Waals surface area contributed by atoms with Gasteiger partial charge in [-0.2, -0.15) is 13.2 Å². The van der Waals surface area contributed by atoms with E-state index in [0.29, 0.717) is 5.56 Å². The largest absolute Gasteiger partial charge is 0.490 e. The molecule has 122 valence electrons. The molecule has 1 aromatic rings. The van der Waals surface area contributed by atoms with Crippen molar-refractivity contribution < 1.29 is 27.9 Å². The zero-order valence-electron chi connectivity index (χ0n) is 12.1. The molecule has 0 radical (unpaired) electrons. The SMILES string of the molecule is COc1c(C(O)C(F)(F)F)cc(C2(C)CCC2)cc1[N+](=O)[O-]. The molecule has 1 aromatic carbocycles. The molecule has 0 amide bonds. The van der Waals surface area contributed by atoms with Gasteiger partial charge in [0.1, 0.15) is 0 Å². The molecule has 1 aliphatic rings. The molecule has 1 N–H and O–H groups in total. The zero-order chi connectivity index (χ0) is 16.7. The van der Waals surface area contributed by atoms with E-state index in [2.05, 4.69) is 0 Å². The molecule has 0 spiro atoms. The van der Waals surface area contributed by atoms with Crippen molar-refractivity contribution in [3.63, 3.8) is 0 Å².